The number of halogens is 2. The lowest BCUT2D eigenvalue weighted by Crippen LogP contribution is -2.27. The molecule has 0 saturated heterocycles. The van der Waals surface area contributed by atoms with E-state index in [2.05, 4.69) is 51.5 Å². The van der Waals surface area contributed by atoms with Gasteiger partial charge in [-0.2, -0.15) is 0 Å². The summed E-state index contributed by atoms with van der Waals surface area (Å²) in [5.41, 5.74) is 5.82. The minimum Gasteiger partial charge on any atom is -0.437 e. The number of carbonyl (C=O) groups excluding carboxylic acids is 1. The smallest absolute Gasteiger partial charge is 0.437 e. The van der Waals surface area contributed by atoms with E-state index in [0.717, 1.165) is 23.4 Å². The topological polar surface area (TPSA) is 35.5 Å². The molecule has 0 amide bonds. The Hall–Kier alpha value is -1.71. The van der Waals surface area contributed by atoms with Crippen molar-refractivity contribution < 1.29 is 14.3 Å². The number of hydrogen-bond acceptors (Lipinski definition) is 3. The summed E-state index contributed by atoms with van der Waals surface area (Å²) in [7, 11) is 1.29. The first-order valence-electron chi connectivity index (χ1n) is 9.83. The molecule has 0 heterocycles. The molecule has 154 valence electrons. The molecule has 0 radical (unpaired) electrons. The van der Waals surface area contributed by atoms with Crippen LogP contribution in [0.1, 0.15) is 68.4 Å². The maximum Gasteiger partial charge on any atom is 0.513 e. The van der Waals surface area contributed by atoms with E-state index in [0.29, 0.717) is 10.8 Å². The molecule has 2 aromatic carbocycles. The Balaban J connectivity index is 1.99. The van der Waals surface area contributed by atoms with E-state index in [1.807, 2.05) is 12.1 Å². The van der Waals surface area contributed by atoms with Gasteiger partial charge in [0.15, 0.2) is 5.75 Å². The fourth-order valence-electron chi connectivity index (χ4n) is 5.64. The van der Waals surface area contributed by atoms with Crippen LogP contribution in [0, 0.1) is 6.92 Å². The molecule has 0 fully saturated rings. The van der Waals surface area contributed by atoms with E-state index in [1.54, 1.807) is 0 Å². The highest BCUT2D eigenvalue weighted by atomic mass is 35.5. The minimum atomic E-state index is -0.770. The summed E-state index contributed by atoms with van der Waals surface area (Å²) in [6, 6.07) is 8.27. The third kappa shape index (κ3) is 2.97. The van der Waals surface area contributed by atoms with Crippen LogP contribution in [0.4, 0.5) is 4.79 Å². The predicted octanol–water partition coefficient (Wildman–Crippen LogP) is 7.10. The van der Waals surface area contributed by atoms with Crippen LogP contribution >= 0.6 is 23.2 Å². The Morgan fingerprint density at radius 1 is 0.862 bits per heavy atom. The summed E-state index contributed by atoms with van der Waals surface area (Å²) in [5, 5.41) is 1.22. The van der Waals surface area contributed by atoms with E-state index < -0.39 is 6.16 Å². The number of ether oxygens (including phenoxy) is 2. The van der Waals surface area contributed by atoms with Crippen LogP contribution in [-0.2, 0) is 21.0 Å². The van der Waals surface area contributed by atoms with E-state index >= 15 is 0 Å². The largest absolute Gasteiger partial charge is 0.513 e. The molecule has 3 nitrogen and oxygen atoms in total. The Labute approximate surface area is 182 Å². The minimum absolute atomic E-state index is 0.0205. The Bertz CT molecular complexity index is 1030. The van der Waals surface area contributed by atoms with Gasteiger partial charge in [0.05, 0.1) is 12.1 Å². The number of rotatable bonds is 1. The molecule has 1 spiro atoms. The fraction of sp³-hybridized carbons (Fsp3) is 0.458. The van der Waals surface area contributed by atoms with Gasteiger partial charge in [-0.1, -0.05) is 57.0 Å². The first kappa shape index (κ1) is 20.6. The first-order chi connectivity index (χ1) is 13.4. The Morgan fingerprint density at radius 2 is 1.38 bits per heavy atom. The van der Waals surface area contributed by atoms with Crippen LogP contribution in [0.25, 0.3) is 0 Å². The second-order valence-corrected chi connectivity index (χ2v) is 10.5. The molecule has 1 unspecified atom stereocenters. The van der Waals surface area contributed by atoms with E-state index in [9.17, 15) is 4.79 Å². The lowest BCUT2D eigenvalue weighted by atomic mass is 9.72. The monoisotopic (exact) mass is 432 g/mol. The van der Waals surface area contributed by atoms with Crippen LogP contribution in [-0.4, -0.2) is 13.3 Å². The Morgan fingerprint density at radius 3 is 1.93 bits per heavy atom. The van der Waals surface area contributed by atoms with Gasteiger partial charge in [-0.3, -0.25) is 0 Å². The van der Waals surface area contributed by atoms with Crippen molar-refractivity contribution in [1.29, 1.82) is 0 Å². The summed E-state index contributed by atoms with van der Waals surface area (Å²) in [4.78, 5) is 11.7. The standard InChI is InChI=1S/C24H26Cl2O3/c1-13-7-16-14(8-18(13)25)22(2,3)11-24(16)12-23(4,5)15-9-19(26)20(10-17(15)24)29-21(27)28-6/h7-10H,11-12H2,1-6H3. The van der Waals surface area contributed by atoms with E-state index in [-0.39, 0.29) is 16.2 Å². The van der Waals surface area contributed by atoms with E-state index in [4.69, 9.17) is 27.9 Å². The van der Waals surface area contributed by atoms with Gasteiger partial charge in [0.2, 0.25) is 0 Å². The second-order valence-electron chi connectivity index (χ2n) is 9.73. The highest BCUT2D eigenvalue weighted by molar-refractivity contribution is 6.32. The summed E-state index contributed by atoms with van der Waals surface area (Å²) in [6.07, 6.45) is 1.16. The molecular formula is C24H26Cl2O3. The molecule has 0 saturated carbocycles. The lowest BCUT2D eigenvalue weighted by molar-refractivity contribution is 0.121. The highest BCUT2D eigenvalue weighted by Crippen LogP contribution is 2.64. The molecule has 29 heavy (non-hydrogen) atoms. The first-order valence-corrected chi connectivity index (χ1v) is 10.6. The predicted molar refractivity (Wildman–Crippen MR) is 117 cm³/mol. The third-order valence-corrected chi connectivity index (χ3v) is 7.41. The van der Waals surface area contributed by atoms with E-state index in [1.165, 1.54) is 29.4 Å². The summed E-state index contributed by atoms with van der Waals surface area (Å²) in [6.45, 7) is 11.1. The molecule has 1 atom stereocenters. The van der Waals surface area contributed by atoms with Crippen LogP contribution in [0.5, 0.6) is 5.75 Å². The van der Waals surface area contributed by atoms with Gasteiger partial charge in [0.25, 0.3) is 0 Å². The number of methoxy groups -OCH3 is 1. The van der Waals surface area contributed by atoms with Crippen molar-refractivity contribution >= 4 is 29.4 Å². The van der Waals surface area contributed by atoms with Crippen molar-refractivity contribution in [3.8, 4) is 5.75 Å². The van der Waals surface area contributed by atoms with Crippen LogP contribution in [0.3, 0.4) is 0 Å². The third-order valence-electron chi connectivity index (χ3n) is 6.71. The number of aryl methyl sites for hydroxylation is 1. The summed E-state index contributed by atoms with van der Waals surface area (Å²) >= 11 is 13.0. The zero-order valence-corrected chi connectivity index (χ0v) is 19.2. The van der Waals surface area contributed by atoms with Gasteiger partial charge < -0.3 is 9.47 Å². The van der Waals surface area contributed by atoms with Crippen molar-refractivity contribution in [2.24, 2.45) is 0 Å². The SMILES string of the molecule is COC(=O)Oc1cc2c(cc1Cl)C(C)(C)CC21CC(C)(C)c2cc(Cl)c(C)cc21. The molecule has 0 aromatic heterocycles. The molecule has 0 N–H and O–H groups in total. The van der Waals surface area contributed by atoms with Crippen LogP contribution in [0.2, 0.25) is 10.0 Å². The maximum atomic E-state index is 11.7. The quantitative estimate of drug-likeness (QED) is 0.356. The van der Waals surface area contributed by atoms with Gasteiger partial charge in [-0.25, -0.2) is 4.79 Å². The molecule has 2 aliphatic carbocycles. The molecule has 5 heteroatoms. The zero-order chi connectivity index (χ0) is 21.4. The van der Waals surface area contributed by atoms with Crippen molar-refractivity contribution in [3.05, 3.63) is 62.1 Å². The lowest BCUT2D eigenvalue weighted by Gasteiger charge is -2.30. The van der Waals surface area contributed by atoms with Crippen molar-refractivity contribution in [2.75, 3.05) is 7.11 Å². The van der Waals surface area contributed by atoms with Crippen molar-refractivity contribution in [1.82, 2.24) is 0 Å². The average Bonchev–Trinajstić information content (AvgIpc) is 2.96. The van der Waals surface area contributed by atoms with Crippen molar-refractivity contribution in [3.63, 3.8) is 0 Å². The molecular weight excluding hydrogens is 407 g/mol. The summed E-state index contributed by atoms with van der Waals surface area (Å²) in [5.74, 6) is 0.339. The van der Waals surface area contributed by atoms with Crippen molar-refractivity contribution in [2.45, 2.75) is 63.7 Å². The van der Waals surface area contributed by atoms with Gasteiger partial charge in [0, 0.05) is 10.4 Å². The number of benzene rings is 2. The van der Waals surface area contributed by atoms with Crippen LogP contribution in [0.15, 0.2) is 24.3 Å². The second kappa shape index (κ2) is 6.39. The normalized spacial score (nSPS) is 23.0. The highest BCUT2D eigenvalue weighted by Gasteiger charge is 2.56. The van der Waals surface area contributed by atoms with Gasteiger partial charge in [0.1, 0.15) is 0 Å². The van der Waals surface area contributed by atoms with Gasteiger partial charge >= 0.3 is 6.16 Å². The molecule has 0 aliphatic heterocycles. The van der Waals surface area contributed by atoms with Gasteiger partial charge in [-0.15, -0.1) is 0 Å². The summed E-state index contributed by atoms with van der Waals surface area (Å²) < 4.78 is 10.0. The molecule has 2 aromatic rings. The maximum absolute atomic E-state index is 11.7. The van der Waals surface area contributed by atoms with Gasteiger partial charge in [-0.05, 0) is 76.6 Å². The number of fused-ring (bicyclic) bond motifs is 4. The molecule has 2 aliphatic rings. The Kier molecular flexibility index (Phi) is 4.53. The molecule has 0 bridgehead atoms. The van der Waals surface area contributed by atoms with Crippen LogP contribution < -0.4 is 4.74 Å². The number of carbonyl (C=O) groups is 1. The fourth-order valence-corrected chi connectivity index (χ4v) is 6.01. The zero-order valence-electron chi connectivity index (χ0n) is 17.7. The average molecular weight is 433 g/mol. The molecule has 4 rings (SSSR count). The number of hydrogen-bond donors (Lipinski definition) is 0.